The van der Waals surface area contributed by atoms with Crippen molar-refractivity contribution in [2.75, 3.05) is 37.9 Å². The lowest BCUT2D eigenvalue weighted by molar-refractivity contribution is -0.119. The zero-order valence-electron chi connectivity index (χ0n) is 18.9. The van der Waals surface area contributed by atoms with Crippen molar-refractivity contribution in [1.29, 1.82) is 5.26 Å². The van der Waals surface area contributed by atoms with Crippen LogP contribution in [0, 0.1) is 11.3 Å². The summed E-state index contributed by atoms with van der Waals surface area (Å²) in [5.74, 6) is -1.25. The number of nitrogens with one attached hydrogen (secondary N) is 2. The number of hydrogen-bond donors (Lipinski definition) is 2. The third-order valence-corrected chi connectivity index (χ3v) is 5.65. The summed E-state index contributed by atoms with van der Waals surface area (Å²) < 4.78 is 11.5. The molecule has 3 rings (SSSR count). The van der Waals surface area contributed by atoms with Crippen molar-refractivity contribution >= 4 is 35.4 Å². The van der Waals surface area contributed by atoms with Crippen LogP contribution < -0.4 is 10.6 Å². The van der Waals surface area contributed by atoms with Gasteiger partial charge in [0.2, 0.25) is 5.91 Å². The lowest BCUT2D eigenvalue weighted by Gasteiger charge is -2.11. The molecule has 3 aromatic rings. The summed E-state index contributed by atoms with van der Waals surface area (Å²) in [5, 5.41) is 18.8. The first-order chi connectivity index (χ1) is 17.0. The zero-order valence-corrected chi connectivity index (χ0v) is 19.7. The van der Waals surface area contributed by atoms with E-state index < -0.39 is 18.5 Å². The van der Waals surface area contributed by atoms with E-state index in [2.05, 4.69) is 15.7 Å². The minimum atomic E-state index is -0.708. The number of aromatic nitrogens is 2. The Morgan fingerprint density at radius 1 is 1.09 bits per heavy atom. The maximum atomic E-state index is 12.6. The van der Waals surface area contributed by atoms with Crippen molar-refractivity contribution in [3.8, 4) is 11.8 Å². The van der Waals surface area contributed by atoms with Gasteiger partial charge in [-0.25, -0.2) is 9.48 Å². The van der Waals surface area contributed by atoms with Gasteiger partial charge in [0, 0.05) is 18.6 Å². The molecule has 0 aliphatic heterocycles. The molecule has 0 unspecified atom stereocenters. The molecule has 1 aromatic heterocycles. The smallest absolute Gasteiger partial charge is 0.339 e. The van der Waals surface area contributed by atoms with E-state index >= 15 is 0 Å². The van der Waals surface area contributed by atoms with Crippen molar-refractivity contribution in [3.05, 3.63) is 71.9 Å². The van der Waals surface area contributed by atoms with Gasteiger partial charge in [-0.15, -0.1) is 11.8 Å². The van der Waals surface area contributed by atoms with Gasteiger partial charge in [0.25, 0.3) is 5.91 Å². The summed E-state index contributed by atoms with van der Waals surface area (Å²) in [6.45, 7) is 0.231. The Bertz CT molecular complexity index is 1220. The summed E-state index contributed by atoms with van der Waals surface area (Å²) in [4.78, 5) is 37.6. The number of nitrogens with zero attached hydrogens (tertiary/aromatic N) is 3. The van der Waals surface area contributed by atoms with Crippen molar-refractivity contribution in [2.24, 2.45) is 0 Å². The topological polar surface area (TPSA) is 135 Å². The van der Waals surface area contributed by atoms with E-state index in [4.69, 9.17) is 9.47 Å². The molecule has 0 radical (unpaired) electrons. The van der Waals surface area contributed by atoms with Gasteiger partial charge in [-0.2, -0.15) is 10.4 Å². The van der Waals surface area contributed by atoms with Gasteiger partial charge in [-0.3, -0.25) is 9.59 Å². The molecule has 0 fully saturated rings. The van der Waals surface area contributed by atoms with E-state index in [1.54, 1.807) is 55.6 Å². The van der Waals surface area contributed by atoms with Gasteiger partial charge < -0.3 is 20.1 Å². The summed E-state index contributed by atoms with van der Waals surface area (Å²) in [7, 11) is 1.54. The summed E-state index contributed by atoms with van der Waals surface area (Å²) in [6, 6.07) is 17.6. The second-order valence-electron chi connectivity index (χ2n) is 7.02. The Hall–Kier alpha value is -4.14. The van der Waals surface area contributed by atoms with Gasteiger partial charge in [-0.1, -0.05) is 30.3 Å². The number of hydrogen-bond acceptors (Lipinski definition) is 8. The number of carbonyl (C=O) groups is 3. The van der Waals surface area contributed by atoms with Crippen LogP contribution in [0.25, 0.3) is 5.69 Å². The average molecular weight is 494 g/mol. The van der Waals surface area contributed by atoms with E-state index in [-0.39, 0.29) is 28.6 Å². The number of benzene rings is 2. The number of nitriles is 1. The maximum absolute atomic E-state index is 12.6. The highest BCUT2D eigenvalue weighted by Gasteiger charge is 2.18. The second kappa shape index (κ2) is 12.9. The predicted octanol–water partition coefficient (Wildman–Crippen LogP) is 2.39. The molecule has 1 heterocycles. The van der Waals surface area contributed by atoms with Crippen LogP contribution in [0.4, 0.5) is 5.82 Å². The van der Waals surface area contributed by atoms with Crippen LogP contribution in [-0.4, -0.2) is 60.2 Å². The van der Waals surface area contributed by atoms with Crippen molar-refractivity contribution in [3.63, 3.8) is 0 Å². The number of thioether (sulfide) groups is 1. The Labute approximate surface area is 206 Å². The fraction of sp³-hybridized carbons (Fsp3) is 0.208. The number of carbonyl (C=O) groups excluding carboxylic acids is 3. The number of rotatable bonds is 11. The minimum absolute atomic E-state index is 0.106. The third kappa shape index (κ3) is 7.17. The van der Waals surface area contributed by atoms with Gasteiger partial charge in [0.1, 0.15) is 11.6 Å². The standard InChI is InChI=1S/C24H23N5O5S/c1-33-12-11-26-22(31)16-35-20-10-6-5-9-19(20)24(32)34-15-21(30)28-23-17(13-25)14-27-29(23)18-7-3-2-4-8-18/h2-10,14H,11-12,15-16H2,1H3,(H,26,31)(H,28,30). The van der Waals surface area contributed by atoms with E-state index in [1.165, 1.54) is 22.6 Å². The first-order valence-corrected chi connectivity index (χ1v) is 11.5. The summed E-state index contributed by atoms with van der Waals surface area (Å²) in [6.07, 6.45) is 1.34. The quantitative estimate of drug-likeness (QED) is 0.236. The van der Waals surface area contributed by atoms with E-state index in [0.717, 1.165) is 0 Å². The van der Waals surface area contributed by atoms with Gasteiger partial charge in [-0.05, 0) is 24.3 Å². The number of para-hydroxylation sites is 1. The SMILES string of the molecule is COCCNC(=O)CSc1ccccc1C(=O)OCC(=O)Nc1c(C#N)cnn1-c1ccccc1. The van der Waals surface area contributed by atoms with Crippen LogP contribution in [0.3, 0.4) is 0 Å². The Morgan fingerprint density at radius 3 is 2.57 bits per heavy atom. The van der Waals surface area contributed by atoms with Gasteiger partial charge in [0.15, 0.2) is 12.4 Å². The van der Waals surface area contributed by atoms with Crippen LogP contribution in [0.15, 0.2) is 65.7 Å². The van der Waals surface area contributed by atoms with Crippen LogP contribution in [0.1, 0.15) is 15.9 Å². The molecule has 11 heteroatoms. The monoisotopic (exact) mass is 493 g/mol. The highest BCUT2D eigenvalue weighted by molar-refractivity contribution is 8.00. The third-order valence-electron chi connectivity index (χ3n) is 4.58. The molecule has 0 spiro atoms. The Morgan fingerprint density at radius 2 is 1.83 bits per heavy atom. The van der Waals surface area contributed by atoms with E-state index in [9.17, 15) is 19.6 Å². The van der Waals surface area contributed by atoms with Gasteiger partial charge in [0.05, 0.1) is 29.8 Å². The fourth-order valence-corrected chi connectivity index (χ4v) is 3.81. The molecule has 0 saturated carbocycles. The average Bonchev–Trinajstić information content (AvgIpc) is 3.29. The first kappa shape index (κ1) is 25.5. The van der Waals surface area contributed by atoms with Crippen LogP contribution in [-0.2, 0) is 19.1 Å². The maximum Gasteiger partial charge on any atom is 0.339 e. The minimum Gasteiger partial charge on any atom is -0.452 e. The molecule has 35 heavy (non-hydrogen) atoms. The Balaban J connectivity index is 1.60. The molecule has 10 nitrogen and oxygen atoms in total. The van der Waals surface area contributed by atoms with Crippen LogP contribution in [0.5, 0.6) is 0 Å². The lowest BCUT2D eigenvalue weighted by atomic mass is 10.2. The Kier molecular flexibility index (Phi) is 9.41. The number of ether oxygens (including phenoxy) is 2. The first-order valence-electron chi connectivity index (χ1n) is 10.5. The van der Waals surface area contributed by atoms with Crippen molar-refractivity contribution in [1.82, 2.24) is 15.1 Å². The number of methoxy groups -OCH3 is 1. The predicted molar refractivity (Wildman–Crippen MR) is 129 cm³/mol. The number of amides is 2. The molecule has 0 atom stereocenters. The largest absolute Gasteiger partial charge is 0.452 e. The lowest BCUT2D eigenvalue weighted by Crippen LogP contribution is -2.28. The van der Waals surface area contributed by atoms with Gasteiger partial charge >= 0.3 is 5.97 Å². The molecule has 0 bridgehead atoms. The highest BCUT2D eigenvalue weighted by atomic mass is 32.2. The van der Waals surface area contributed by atoms with Crippen molar-refractivity contribution < 1.29 is 23.9 Å². The van der Waals surface area contributed by atoms with E-state index in [0.29, 0.717) is 23.7 Å². The molecule has 2 N–H and O–H groups in total. The molecule has 0 saturated heterocycles. The second-order valence-corrected chi connectivity index (χ2v) is 8.04. The summed E-state index contributed by atoms with van der Waals surface area (Å²) in [5.41, 5.74) is 1.06. The molecule has 0 aliphatic rings. The number of anilines is 1. The van der Waals surface area contributed by atoms with Crippen molar-refractivity contribution in [2.45, 2.75) is 4.90 Å². The summed E-state index contributed by atoms with van der Waals surface area (Å²) >= 11 is 1.18. The molecule has 2 aromatic carbocycles. The molecule has 0 aliphatic carbocycles. The van der Waals surface area contributed by atoms with E-state index in [1.807, 2.05) is 12.1 Å². The molecular weight excluding hydrogens is 470 g/mol. The normalized spacial score (nSPS) is 10.3. The number of esters is 1. The van der Waals surface area contributed by atoms with Crippen LogP contribution in [0.2, 0.25) is 0 Å². The fourth-order valence-electron chi connectivity index (χ4n) is 2.94. The molecular formula is C24H23N5O5S. The van der Waals surface area contributed by atoms with Crippen LogP contribution >= 0.6 is 11.8 Å². The molecule has 2 amide bonds. The zero-order chi connectivity index (χ0) is 25.0. The highest BCUT2D eigenvalue weighted by Crippen LogP contribution is 2.23. The molecule has 180 valence electrons.